The molecule has 1 aliphatic rings. The van der Waals surface area contributed by atoms with Gasteiger partial charge in [0, 0.05) is 24.3 Å². The van der Waals surface area contributed by atoms with Crippen molar-refractivity contribution >= 4 is 17.7 Å². The van der Waals surface area contributed by atoms with E-state index in [0.717, 1.165) is 24.1 Å². The Labute approximate surface area is 158 Å². The standard InChI is InChI=1S/C20H23ClN2O3/c1-2-25-20(24)23-13-10-17(11-14-23)26-19(18-5-3-4-12-22-18)15-6-8-16(21)9-7-15/h3-9,12,17,19H,2,10-11,13-14H2,1H3/t19-/m1/s1. The minimum atomic E-state index is -0.257. The number of halogens is 1. The van der Waals surface area contributed by atoms with Crippen molar-refractivity contribution in [2.45, 2.75) is 32.0 Å². The summed E-state index contributed by atoms with van der Waals surface area (Å²) in [6.45, 7) is 3.49. The summed E-state index contributed by atoms with van der Waals surface area (Å²) >= 11 is 6.02. The van der Waals surface area contributed by atoms with E-state index < -0.39 is 0 Å². The van der Waals surface area contributed by atoms with E-state index in [0.29, 0.717) is 24.7 Å². The van der Waals surface area contributed by atoms with Crippen LogP contribution in [-0.2, 0) is 9.47 Å². The van der Waals surface area contributed by atoms with Crippen LogP contribution in [0.15, 0.2) is 48.7 Å². The molecule has 1 aromatic heterocycles. The van der Waals surface area contributed by atoms with Crippen molar-refractivity contribution < 1.29 is 14.3 Å². The van der Waals surface area contributed by atoms with Crippen molar-refractivity contribution in [3.05, 3.63) is 64.9 Å². The van der Waals surface area contributed by atoms with Crippen molar-refractivity contribution in [3.63, 3.8) is 0 Å². The maximum absolute atomic E-state index is 11.8. The summed E-state index contributed by atoms with van der Waals surface area (Å²) in [5.74, 6) is 0. The minimum Gasteiger partial charge on any atom is -0.450 e. The van der Waals surface area contributed by atoms with Gasteiger partial charge in [-0.15, -0.1) is 0 Å². The topological polar surface area (TPSA) is 51.7 Å². The highest BCUT2D eigenvalue weighted by atomic mass is 35.5. The molecular formula is C20H23ClN2O3. The third-order valence-electron chi connectivity index (χ3n) is 4.43. The molecule has 1 amide bonds. The number of likely N-dealkylation sites (tertiary alicyclic amines) is 1. The first-order valence-electron chi connectivity index (χ1n) is 8.91. The van der Waals surface area contributed by atoms with Gasteiger partial charge in [-0.3, -0.25) is 4.98 Å². The smallest absolute Gasteiger partial charge is 0.409 e. The normalized spacial score (nSPS) is 16.3. The summed E-state index contributed by atoms with van der Waals surface area (Å²) in [7, 11) is 0. The lowest BCUT2D eigenvalue weighted by Gasteiger charge is -2.33. The molecule has 5 nitrogen and oxygen atoms in total. The SMILES string of the molecule is CCOC(=O)N1CCC(O[C@H](c2ccc(Cl)cc2)c2ccccn2)CC1. The molecular weight excluding hydrogens is 352 g/mol. The second-order valence-electron chi connectivity index (χ2n) is 6.21. The van der Waals surface area contributed by atoms with Gasteiger partial charge < -0.3 is 14.4 Å². The molecule has 0 N–H and O–H groups in total. The van der Waals surface area contributed by atoms with Gasteiger partial charge in [-0.05, 0) is 49.6 Å². The fraction of sp³-hybridized carbons (Fsp3) is 0.400. The van der Waals surface area contributed by atoms with Crippen LogP contribution in [0.25, 0.3) is 0 Å². The van der Waals surface area contributed by atoms with Crippen LogP contribution in [0.1, 0.15) is 37.1 Å². The Bertz CT molecular complexity index is 701. The zero-order valence-corrected chi connectivity index (χ0v) is 15.6. The van der Waals surface area contributed by atoms with Gasteiger partial charge in [-0.2, -0.15) is 0 Å². The summed E-state index contributed by atoms with van der Waals surface area (Å²) in [4.78, 5) is 18.0. The molecule has 1 fully saturated rings. The average molecular weight is 375 g/mol. The minimum absolute atomic E-state index is 0.0587. The fourth-order valence-corrected chi connectivity index (χ4v) is 3.20. The number of nitrogens with zero attached hydrogens (tertiary/aromatic N) is 2. The van der Waals surface area contributed by atoms with Gasteiger partial charge in [-0.25, -0.2) is 4.79 Å². The highest BCUT2D eigenvalue weighted by Gasteiger charge is 2.27. The van der Waals surface area contributed by atoms with E-state index in [-0.39, 0.29) is 18.3 Å². The number of carbonyl (C=O) groups is 1. The van der Waals surface area contributed by atoms with E-state index in [2.05, 4.69) is 4.98 Å². The Hall–Kier alpha value is -2.11. The monoisotopic (exact) mass is 374 g/mol. The van der Waals surface area contributed by atoms with Crippen LogP contribution in [0.4, 0.5) is 4.79 Å². The zero-order valence-electron chi connectivity index (χ0n) is 14.8. The summed E-state index contributed by atoms with van der Waals surface area (Å²) in [5.41, 5.74) is 1.88. The Morgan fingerprint density at radius 2 is 1.96 bits per heavy atom. The molecule has 2 aromatic rings. The molecule has 1 atom stereocenters. The first-order valence-corrected chi connectivity index (χ1v) is 9.28. The van der Waals surface area contributed by atoms with Crippen LogP contribution in [0.2, 0.25) is 5.02 Å². The Morgan fingerprint density at radius 3 is 2.58 bits per heavy atom. The molecule has 1 aliphatic heterocycles. The number of pyridine rings is 1. The molecule has 0 unspecified atom stereocenters. The first kappa shape index (κ1) is 18.7. The van der Waals surface area contributed by atoms with Crippen molar-refractivity contribution in [2.24, 2.45) is 0 Å². The van der Waals surface area contributed by atoms with Crippen LogP contribution in [-0.4, -0.2) is 41.8 Å². The molecule has 1 aromatic carbocycles. The molecule has 0 saturated carbocycles. The molecule has 26 heavy (non-hydrogen) atoms. The van der Waals surface area contributed by atoms with Gasteiger partial charge in [0.2, 0.25) is 0 Å². The van der Waals surface area contributed by atoms with E-state index in [1.54, 1.807) is 11.1 Å². The first-order chi connectivity index (χ1) is 12.7. The van der Waals surface area contributed by atoms with Gasteiger partial charge in [0.25, 0.3) is 0 Å². The Balaban J connectivity index is 1.69. The van der Waals surface area contributed by atoms with Gasteiger partial charge in [-0.1, -0.05) is 29.8 Å². The Kier molecular flexibility index (Phi) is 6.47. The number of rotatable bonds is 5. The lowest BCUT2D eigenvalue weighted by atomic mass is 10.0. The molecule has 0 radical (unpaired) electrons. The third-order valence-corrected chi connectivity index (χ3v) is 4.68. The second kappa shape index (κ2) is 9.01. The van der Waals surface area contributed by atoms with E-state index >= 15 is 0 Å². The fourth-order valence-electron chi connectivity index (χ4n) is 3.07. The number of aromatic nitrogens is 1. The maximum Gasteiger partial charge on any atom is 0.409 e. The van der Waals surface area contributed by atoms with Crippen LogP contribution < -0.4 is 0 Å². The highest BCUT2D eigenvalue weighted by molar-refractivity contribution is 6.30. The third kappa shape index (κ3) is 4.74. The summed E-state index contributed by atoms with van der Waals surface area (Å²) in [6.07, 6.45) is 2.87. The lowest BCUT2D eigenvalue weighted by Crippen LogP contribution is -2.41. The molecule has 0 spiro atoms. The van der Waals surface area contributed by atoms with Gasteiger partial charge in [0.1, 0.15) is 6.10 Å². The molecule has 3 rings (SSSR count). The summed E-state index contributed by atoms with van der Waals surface area (Å²) < 4.78 is 11.5. The van der Waals surface area contributed by atoms with E-state index in [9.17, 15) is 4.79 Å². The molecule has 138 valence electrons. The quantitative estimate of drug-likeness (QED) is 0.775. The zero-order chi connectivity index (χ0) is 18.4. The predicted octanol–water partition coefficient (Wildman–Crippen LogP) is 4.46. The van der Waals surface area contributed by atoms with Crippen molar-refractivity contribution in [2.75, 3.05) is 19.7 Å². The molecule has 0 bridgehead atoms. The summed E-state index contributed by atoms with van der Waals surface area (Å²) in [6, 6.07) is 13.5. The number of carbonyl (C=O) groups excluding carboxylic acids is 1. The summed E-state index contributed by atoms with van der Waals surface area (Å²) in [5, 5.41) is 0.691. The number of amides is 1. The van der Waals surface area contributed by atoms with Crippen molar-refractivity contribution in [1.82, 2.24) is 9.88 Å². The maximum atomic E-state index is 11.8. The van der Waals surface area contributed by atoms with E-state index in [4.69, 9.17) is 21.1 Å². The van der Waals surface area contributed by atoms with Crippen molar-refractivity contribution in [1.29, 1.82) is 0 Å². The van der Waals surface area contributed by atoms with Crippen LogP contribution in [0, 0.1) is 0 Å². The van der Waals surface area contributed by atoms with E-state index in [1.807, 2.05) is 49.4 Å². The van der Waals surface area contributed by atoms with Gasteiger partial charge >= 0.3 is 6.09 Å². The molecule has 1 saturated heterocycles. The van der Waals surface area contributed by atoms with Crippen LogP contribution in [0.5, 0.6) is 0 Å². The average Bonchev–Trinajstić information content (AvgIpc) is 2.68. The lowest BCUT2D eigenvalue weighted by molar-refractivity contribution is -0.0275. The second-order valence-corrected chi connectivity index (χ2v) is 6.64. The molecule has 2 heterocycles. The van der Waals surface area contributed by atoms with Crippen molar-refractivity contribution in [3.8, 4) is 0 Å². The van der Waals surface area contributed by atoms with E-state index in [1.165, 1.54) is 0 Å². The predicted molar refractivity (Wildman–Crippen MR) is 100 cm³/mol. The van der Waals surface area contributed by atoms with Crippen LogP contribution >= 0.6 is 11.6 Å². The largest absolute Gasteiger partial charge is 0.450 e. The van der Waals surface area contributed by atoms with Crippen LogP contribution in [0.3, 0.4) is 0 Å². The highest BCUT2D eigenvalue weighted by Crippen LogP contribution is 2.29. The molecule has 0 aliphatic carbocycles. The number of piperidine rings is 1. The number of ether oxygens (including phenoxy) is 2. The van der Waals surface area contributed by atoms with Gasteiger partial charge in [0.15, 0.2) is 0 Å². The number of hydrogen-bond donors (Lipinski definition) is 0. The van der Waals surface area contributed by atoms with Gasteiger partial charge in [0.05, 0.1) is 18.4 Å². The number of hydrogen-bond acceptors (Lipinski definition) is 4. The Morgan fingerprint density at radius 1 is 1.23 bits per heavy atom. The number of benzene rings is 1. The molecule has 6 heteroatoms.